The van der Waals surface area contributed by atoms with Crippen molar-refractivity contribution < 1.29 is 0 Å². The van der Waals surface area contributed by atoms with Gasteiger partial charge >= 0.3 is 0 Å². The summed E-state index contributed by atoms with van der Waals surface area (Å²) in [6.07, 6.45) is 16.1. The van der Waals surface area contributed by atoms with Crippen LogP contribution in [0, 0.1) is 0 Å². The lowest BCUT2D eigenvalue weighted by atomic mass is 10.0. The summed E-state index contributed by atoms with van der Waals surface area (Å²) >= 11 is 1.91. The molecule has 0 saturated heterocycles. The van der Waals surface area contributed by atoms with E-state index >= 15 is 0 Å². The Balaban J connectivity index is 2.20. The van der Waals surface area contributed by atoms with Crippen LogP contribution in [0.1, 0.15) is 17.4 Å². The molecule has 94 valence electrons. The van der Waals surface area contributed by atoms with Gasteiger partial charge in [0.2, 0.25) is 0 Å². The zero-order valence-electron chi connectivity index (χ0n) is 11.0. The number of thiophene rings is 1. The molecule has 1 heterocycles. The Morgan fingerprint density at radius 1 is 1.00 bits per heavy atom. The van der Waals surface area contributed by atoms with Crippen LogP contribution in [-0.4, -0.2) is 0 Å². The van der Waals surface area contributed by atoms with Gasteiger partial charge in [-0.15, -0.1) is 11.3 Å². The third-order valence-electron chi connectivity index (χ3n) is 3.35. The van der Waals surface area contributed by atoms with E-state index in [1.165, 1.54) is 26.1 Å². The Bertz CT molecular complexity index is 708. The Hall–Kier alpha value is -1.86. The maximum atomic E-state index is 2.23. The summed E-state index contributed by atoms with van der Waals surface area (Å²) < 4.78 is 1.37. The van der Waals surface area contributed by atoms with Crippen LogP contribution in [0.3, 0.4) is 0 Å². The molecule has 19 heavy (non-hydrogen) atoms. The predicted molar refractivity (Wildman–Crippen MR) is 86.6 cm³/mol. The quantitative estimate of drug-likeness (QED) is 0.587. The van der Waals surface area contributed by atoms with Gasteiger partial charge in [0.15, 0.2) is 0 Å². The van der Waals surface area contributed by atoms with Crippen molar-refractivity contribution in [3.8, 4) is 0 Å². The monoisotopic (exact) mass is 264 g/mol. The average Bonchev–Trinajstić information content (AvgIpc) is 2.80. The molecule has 1 heteroatoms. The van der Waals surface area contributed by atoms with Crippen molar-refractivity contribution in [2.75, 3.05) is 0 Å². The summed E-state index contributed by atoms with van der Waals surface area (Å²) in [7, 11) is 0. The van der Waals surface area contributed by atoms with Crippen LogP contribution in [-0.2, 0) is 6.42 Å². The van der Waals surface area contributed by atoms with Crippen LogP contribution in [0.5, 0.6) is 0 Å². The highest BCUT2D eigenvalue weighted by Gasteiger charge is 2.10. The first-order chi connectivity index (χ1) is 9.38. The molecule has 1 aromatic carbocycles. The van der Waals surface area contributed by atoms with Crippen LogP contribution in [0.2, 0.25) is 0 Å². The van der Waals surface area contributed by atoms with E-state index in [0.29, 0.717) is 0 Å². The molecule has 0 spiro atoms. The standard InChI is InChI=1S/C18H16S/c1-2-14-9-5-3-4-6-10-16-15-11-7-8-12-17(15)19-18(16)13-14/h2-12H,13H2,1H3/b4-3-,9-5-,10-6+,14-2-. The van der Waals surface area contributed by atoms with Gasteiger partial charge in [0.05, 0.1) is 0 Å². The third-order valence-corrected chi connectivity index (χ3v) is 4.54. The lowest BCUT2D eigenvalue weighted by Crippen LogP contribution is -1.87. The molecule has 0 aliphatic heterocycles. The molecule has 0 N–H and O–H groups in total. The Morgan fingerprint density at radius 2 is 1.79 bits per heavy atom. The van der Waals surface area contributed by atoms with E-state index in [1.54, 1.807) is 0 Å². The number of fused-ring (bicyclic) bond motifs is 3. The van der Waals surface area contributed by atoms with Gasteiger partial charge in [0.25, 0.3) is 0 Å². The summed E-state index contributed by atoms with van der Waals surface area (Å²) in [5.74, 6) is 0. The van der Waals surface area contributed by atoms with Gasteiger partial charge in [-0.25, -0.2) is 0 Å². The van der Waals surface area contributed by atoms with E-state index in [-0.39, 0.29) is 0 Å². The van der Waals surface area contributed by atoms with Gasteiger partial charge in [0.1, 0.15) is 0 Å². The van der Waals surface area contributed by atoms with Crippen molar-refractivity contribution in [2.24, 2.45) is 0 Å². The molecule has 0 saturated carbocycles. The van der Waals surface area contributed by atoms with E-state index < -0.39 is 0 Å². The Labute approximate surface area is 118 Å². The smallest absolute Gasteiger partial charge is 0.0352 e. The van der Waals surface area contributed by atoms with Gasteiger partial charge in [-0.1, -0.05) is 60.7 Å². The molecule has 0 amide bonds. The SMILES string of the molecule is C/C=C1/C=C\C=C/C=C/c2c(sc3ccccc23)C1. The van der Waals surface area contributed by atoms with Crippen LogP contribution in [0.4, 0.5) is 0 Å². The zero-order chi connectivity index (χ0) is 13.1. The van der Waals surface area contributed by atoms with Crippen molar-refractivity contribution in [1.29, 1.82) is 0 Å². The van der Waals surface area contributed by atoms with Crippen molar-refractivity contribution in [2.45, 2.75) is 13.3 Å². The predicted octanol–water partition coefficient (Wildman–Crippen LogP) is 5.53. The van der Waals surface area contributed by atoms with Gasteiger partial charge in [0, 0.05) is 16.0 Å². The third kappa shape index (κ3) is 2.47. The topological polar surface area (TPSA) is 0 Å². The first kappa shape index (κ1) is 12.2. The molecule has 2 aromatic rings. The molecule has 1 aromatic heterocycles. The van der Waals surface area contributed by atoms with Gasteiger partial charge < -0.3 is 0 Å². The van der Waals surface area contributed by atoms with Crippen molar-refractivity contribution in [1.82, 2.24) is 0 Å². The molecular weight excluding hydrogens is 248 g/mol. The van der Waals surface area contributed by atoms with E-state index in [0.717, 1.165) is 6.42 Å². The summed E-state index contributed by atoms with van der Waals surface area (Å²) in [6, 6.07) is 8.66. The van der Waals surface area contributed by atoms with Gasteiger partial charge in [-0.2, -0.15) is 0 Å². The second-order valence-electron chi connectivity index (χ2n) is 4.58. The molecule has 3 rings (SSSR count). The highest BCUT2D eigenvalue weighted by Crippen LogP contribution is 2.34. The molecular formula is C18H16S. The van der Waals surface area contributed by atoms with Crippen LogP contribution < -0.4 is 0 Å². The van der Waals surface area contributed by atoms with E-state index in [9.17, 15) is 0 Å². The maximum absolute atomic E-state index is 2.23. The molecule has 0 bridgehead atoms. The largest absolute Gasteiger partial charge is 0.139 e. The minimum absolute atomic E-state index is 1.01. The van der Waals surface area contributed by atoms with Crippen molar-refractivity contribution in [3.05, 3.63) is 76.7 Å². The molecule has 0 nitrogen and oxygen atoms in total. The second-order valence-corrected chi connectivity index (χ2v) is 5.72. The highest BCUT2D eigenvalue weighted by atomic mass is 32.1. The van der Waals surface area contributed by atoms with Crippen molar-refractivity contribution in [3.63, 3.8) is 0 Å². The van der Waals surface area contributed by atoms with E-state index in [2.05, 4.69) is 73.7 Å². The molecule has 0 fully saturated rings. The number of benzene rings is 1. The minimum atomic E-state index is 1.01. The van der Waals surface area contributed by atoms with E-state index in [4.69, 9.17) is 0 Å². The minimum Gasteiger partial charge on any atom is -0.139 e. The first-order valence-corrected chi connectivity index (χ1v) is 7.37. The average molecular weight is 264 g/mol. The molecule has 1 aliphatic rings. The molecule has 0 atom stereocenters. The molecule has 0 radical (unpaired) electrons. The lowest BCUT2D eigenvalue weighted by molar-refractivity contribution is 1.23. The van der Waals surface area contributed by atoms with Gasteiger partial charge in [-0.3, -0.25) is 0 Å². The summed E-state index contributed by atoms with van der Waals surface area (Å²) in [5.41, 5.74) is 2.74. The fourth-order valence-corrected chi connectivity index (χ4v) is 3.56. The number of hydrogen-bond acceptors (Lipinski definition) is 1. The second kappa shape index (κ2) is 5.41. The van der Waals surface area contributed by atoms with Crippen molar-refractivity contribution >= 4 is 27.5 Å². The van der Waals surface area contributed by atoms with Crippen LogP contribution >= 0.6 is 11.3 Å². The van der Waals surface area contributed by atoms with E-state index in [1.807, 2.05) is 11.3 Å². The highest BCUT2D eigenvalue weighted by molar-refractivity contribution is 7.19. The van der Waals surface area contributed by atoms with Crippen LogP contribution in [0.15, 0.2) is 66.3 Å². The Morgan fingerprint density at radius 3 is 2.63 bits per heavy atom. The zero-order valence-corrected chi connectivity index (χ0v) is 11.8. The number of hydrogen-bond donors (Lipinski definition) is 0. The Kier molecular flexibility index (Phi) is 3.47. The molecule has 1 aliphatic carbocycles. The fourth-order valence-electron chi connectivity index (χ4n) is 2.33. The van der Waals surface area contributed by atoms with Gasteiger partial charge in [-0.05, 0) is 29.5 Å². The number of allylic oxidation sites excluding steroid dienone is 7. The fraction of sp³-hybridized carbons (Fsp3) is 0.111. The molecule has 0 unspecified atom stereocenters. The first-order valence-electron chi connectivity index (χ1n) is 6.55. The maximum Gasteiger partial charge on any atom is 0.0352 e. The summed E-state index contributed by atoms with van der Waals surface area (Å²) in [4.78, 5) is 1.45. The lowest BCUT2D eigenvalue weighted by Gasteiger charge is -2.02. The van der Waals surface area contributed by atoms with Crippen LogP contribution in [0.25, 0.3) is 16.2 Å². The normalized spacial score (nSPS) is 22.1. The summed E-state index contributed by atoms with van der Waals surface area (Å²) in [5, 5.41) is 1.37. The number of rotatable bonds is 0. The summed E-state index contributed by atoms with van der Waals surface area (Å²) in [6.45, 7) is 2.11.